The molecule has 0 bridgehead atoms. The van der Waals surface area contributed by atoms with E-state index in [2.05, 4.69) is 9.97 Å². The molecule has 2 aromatic rings. The summed E-state index contributed by atoms with van der Waals surface area (Å²) in [5, 5.41) is 0.558. The number of aromatic nitrogens is 2. The lowest BCUT2D eigenvalue weighted by atomic mass is 10.1. The lowest BCUT2D eigenvalue weighted by molar-refractivity contribution is 0.219. The highest BCUT2D eigenvalue weighted by Gasteiger charge is 2.23. The molecular weight excluding hydrogens is 358 g/mol. The van der Waals surface area contributed by atoms with Gasteiger partial charge in [-0.2, -0.15) is 0 Å². The number of benzene rings is 1. The Hall–Kier alpha value is -0.970. The molecule has 0 radical (unpaired) electrons. The minimum Gasteiger partial charge on any atom is -0.309 e. The van der Waals surface area contributed by atoms with Crippen LogP contribution in [0.15, 0.2) is 30.3 Å². The molecule has 0 spiro atoms. The number of nitrogens with zero attached hydrogens (tertiary/aromatic N) is 2. The first-order valence-corrected chi connectivity index (χ1v) is 9.61. The summed E-state index contributed by atoms with van der Waals surface area (Å²) in [7, 11) is -3.12. The lowest BCUT2D eigenvalue weighted by Crippen LogP contribution is -1.99. The second-order valence-corrected chi connectivity index (χ2v) is 7.47. The quantitative estimate of drug-likeness (QED) is 0.491. The highest BCUT2D eigenvalue weighted by atomic mass is 35.5. The molecule has 0 amide bonds. The van der Waals surface area contributed by atoms with Gasteiger partial charge in [-0.25, -0.2) is 9.97 Å². The second-order valence-electron chi connectivity index (χ2n) is 4.64. The fourth-order valence-electron chi connectivity index (χ4n) is 2.02. The van der Waals surface area contributed by atoms with E-state index in [0.717, 1.165) is 11.1 Å². The molecule has 0 saturated heterocycles. The minimum atomic E-state index is -3.12. The van der Waals surface area contributed by atoms with E-state index >= 15 is 0 Å². The molecule has 0 unspecified atom stereocenters. The van der Waals surface area contributed by atoms with Gasteiger partial charge in [0.15, 0.2) is 5.82 Å². The van der Waals surface area contributed by atoms with Crippen LogP contribution in [0.5, 0.6) is 0 Å². The number of hydrogen-bond donors (Lipinski definition) is 0. The summed E-state index contributed by atoms with van der Waals surface area (Å²) in [4.78, 5) is 8.27. The van der Waals surface area contributed by atoms with E-state index in [1.165, 1.54) is 6.07 Å². The molecule has 0 N–H and O–H groups in total. The van der Waals surface area contributed by atoms with Crippen LogP contribution in [0.25, 0.3) is 11.4 Å². The van der Waals surface area contributed by atoms with Gasteiger partial charge in [-0.15, -0.1) is 0 Å². The third-order valence-electron chi connectivity index (χ3n) is 2.90. The van der Waals surface area contributed by atoms with E-state index in [0.29, 0.717) is 19.0 Å². The Kier molecular flexibility index (Phi) is 6.57. The van der Waals surface area contributed by atoms with Crippen molar-refractivity contribution in [1.29, 1.82) is 0 Å². The van der Waals surface area contributed by atoms with Crippen LogP contribution < -0.4 is 0 Å². The van der Waals surface area contributed by atoms with Crippen molar-refractivity contribution < 1.29 is 13.6 Å². The maximum absolute atomic E-state index is 12.5. The first kappa shape index (κ1) is 18.4. The fraction of sp³-hybridized carbons (Fsp3) is 0.333. The number of halogens is 2. The normalized spacial score (nSPS) is 11.7. The first-order chi connectivity index (χ1) is 11.0. The zero-order valence-electron chi connectivity index (χ0n) is 12.8. The molecule has 0 aliphatic heterocycles. The fourth-order valence-corrected chi connectivity index (χ4v) is 4.15. The van der Waals surface area contributed by atoms with E-state index in [1.807, 2.05) is 24.3 Å². The average molecular weight is 375 g/mol. The Morgan fingerprint density at radius 1 is 1.00 bits per heavy atom. The van der Waals surface area contributed by atoms with Gasteiger partial charge >= 0.3 is 7.60 Å². The van der Waals surface area contributed by atoms with Crippen LogP contribution in [-0.4, -0.2) is 23.2 Å². The molecule has 23 heavy (non-hydrogen) atoms. The van der Waals surface area contributed by atoms with Crippen LogP contribution in [0.1, 0.15) is 19.4 Å². The third kappa shape index (κ3) is 5.27. The van der Waals surface area contributed by atoms with Crippen molar-refractivity contribution in [3.8, 4) is 11.4 Å². The Balaban J connectivity index is 2.20. The van der Waals surface area contributed by atoms with Crippen LogP contribution in [0.2, 0.25) is 10.3 Å². The predicted molar refractivity (Wildman–Crippen MR) is 92.1 cm³/mol. The summed E-state index contributed by atoms with van der Waals surface area (Å²) in [6.45, 7) is 4.25. The van der Waals surface area contributed by atoms with E-state index in [4.69, 9.17) is 32.2 Å². The Bertz CT molecular complexity index is 680. The van der Waals surface area contributed by atoms with Gasteiger partial charge in [-0.05, 0) is 19.4 Å². The zero-order valence-corrected chi connectivity index (χ0v) is 15.2. The van der Waals surface area contributed by atoms with Crippen molar-refractivity contribution in [3.05, 3.63) is 46.2 Å². The maximum Gasteiger partial charge on any atom is 0.335 e. The van der Waals surface area contributed by atoms with Crippen molar-refractivity contribution in [3.63, 3.8) is 0 Å². The number of hydrogen-bond acceptors (Lipinski definition) is 5. The van der Waals surface area contributed by atoms with Crippen LogP contribution in [-0.2, 0) is 19.8 Å². The van der Waals surface area contributed by atoms with Gasteiger partial charge in [-0.3, -0.25) is 4.57 Å². The third-order valence-corrected chi connectivity index (χ3v) is 5.35. The zero-order chi connectivity index (χ0) is 16.9. The van der Waals surface area contributed by atoms with Gasteiger partial charge in [0.1, 0.15) is 10.3 Å². The van der Waals surface area contributed by atoms with E-state index < -0.39 is 7.60 Å². The molecule has 1 heterocycles. The standard InChI is InChI=1S/C15H17Cl2N2O3P/c1-3-21-23(20,22-4-2)10-11-5-7-12(8-6-11)15-18-13(16)9-14(17)19-15/h5-9H,3-4,10H2,1-2H3. The summed E-state index contributed by atoms with van der Waals surface area (Å²) in [5.74, 6) is 0.437. The Morgan fingerprint density at radius 3 is 2.00 bits per heavy atom. The molecule has 0 saturated carbocycles. The minimum absolute atomic E-state index is 0.214. The summed E-state index contributed by atoms with van der Waals surface area (Å²) < 4.78 is 23.1. The van der Waals surface area contributed by atoms with Crippen LogP contribution in [0.4, 0.5) is 0 Å². The topological polar surface area (TPSA) is 61.3 Å². The first-order valence-electron chi connectivity index (χ1n) is 7.13. The SMILES string of the molecule is CCOP(=O)(Cc1ccc(-c2nc(Cl)cc(Cl)n2)cc1)OCC. The van der Waals surface area contributed by atoms with E-state index in [-0.39, 0.29) is 16.5 Å². The van der Waals surface area contributed by atoms with Gasteiger partial charge in [0.05, 0.1) is 19.4 Å². The van der Waals surface area contributed by atoms with Crippen LogP contribution in [0.3, 0.4) is 0 Å². The highest BCUT2D eigenvalue weighted by molar-refractivity contribution is 7.53. The van der Waals surface area contributed by atoms with Gasteiger partial charge in [0.2, 0.25) is 0 Å². The average Bonchev–Trinajstić information content (AvgIpc) is 2.47. The molecule has 0 atom stereocenters. The number of rotatable bonds is 7. The summed E-state index contributed by atoms with van der Waals surface area (Å²) in [6, 6.07) is 8.77. The molecule has 0 aliphatic rings. The molecule has 1 aromatic carbocycles. The maximum atomic E-state index is 12.5. The predicted octanol–water partition coefficient (Wildman–Crippen LogP) is 5.22. The molecule has 8 heteroatoms. The smallest absolute Gasteiger partial charge is 0.309 e. The van der Waals surface area contributed by atoms with Crippen molar-refractivity contribution >= 4 is 30.8 Å². The second kappa shape index (κ2) is 8.22. The molecule has 2 rings (SSSR count). The van der Waals surface area contributed by atoms with Gasteiger partial charge in [0.25, 0.3) is 0 Å². The van der Waals surface area contributed by atoms with E-state index in [9.17, 15) is 4.57 Å². The summed E-state index contributed by atoms with van der Waals surface area (Å²) >= 11 is 11.8. The van der Waals surface area contributed by atoms with Crippen molar-refractivity contribution in [2.45, 2.75) is 20.0 Å². The molecular formula is C15H17Cl2N2O3P. The van der Waals surface area contributed by atoms with Crippen molar-refractivity contribution in [2.24, 2.45) is 0 Å². The van der Waals surface area contributed by atoms with Crippen molar-refractivity contribution in [2.75, 3.05) is 13.2 Å². The highest BCUT2D eigenvalue weighted by Crippen LogP contribution is 2.51. The molecule has 5 nitrogen and oxygen atoms in total. The molecule has 0 fully saturated rings. The van der Waals surface area contributed by atoms with Gasteiger partial charge in [-0.1, -0.05) is 47.5 Å². The molecule has 124 valence electrons. The van der Waals surface area contributed by atoms with Crippen molar-refractivity contribution in [1.82, 2.24) is 9.97 Å². The van der Waals surface area contributed by atoms with Gasteiger partial charge in [0, 0.05) is 11.6 Å². The Labute approximate surface area is 145 Å². The van der Waals surface area contributed by atoms with Crippen LogP contribution >= 0.6 is 30.8 Å². The monoisotopic (exact) mass is 374 g/mol. The largest absolute Gasteiger partial charge is 0.335 e. The summed E-state index contributed by atoms with van der Waals surface area (Å²) in [5.41, 5.74) is 1.60. The van der Waals surface area contributed by atoms with Crippen LogP contribution in [0, 0.1) is 0 Å². The van der Waals surface area contributed by atoms with Gasteiger partial charge < -0.3 is 9.05 Å². The summed E-state index contributed by atoms with van der Waals surface area (Å²) in [6.07, 6.45) is 0.214. The molecule has 0 aliphatic carbocycles. The van der Waals surface area contributed by atoms with E-state index in [1.54, 1.807) is 13.8 Å². The molecule has 1 aromatic heterocycles. The Morgan fingerprint density at radius 2 is 1.52 bits per heavy atom. The lowest BCUT2D eigenvalue weighted by Gasteiger charge is -2.17.